The van der Waals surface area contributed by atoms with E-state index >= 15 is 0 Å². The minimum Gasteiger partial charge on any atom is -0.497 e. The van der Waals surface area contributed by atoms with Gasteiger partial charge in [-0.05, 0) is 73.5 Å². The smallest absolute Gasteiger partial charge is 0.269 e. The fourth-order valence-electron chi connectivity index (χ4n) is 3.45. The molecule has 0 aliphatic heterocycles. The number of methoxy groups -OCH3 is 1. The molecule has 0 aliphatic carbocycles. The first-order valence-electron chi connectivity index (χ1n) is 10.7. The zero-order valence-electron chi connectivity index (χ0n) is 19.4. The average molecular weight is 466 g/mol. The maximum Gasteiger partial charge on any atom is 0.269 e. The Labute approximate surface area is 201 Å². The molecule has 0 aliphatic rings. The van der Waals surface area contributed by atoms with Gasteiger partial charge in [0.05, 0.1) is 7.11 Å². The molecular weight excluding hydrogens is 444 g/mol. The molecule has 0 radical (unpaired) electrons. The number of fused-ring (bicyclic) bond motifs is 1. The van der Waals surface area contributed by atoms with E-state index in [1.807, 2.05) is 38.1 Å². The lowest BCUT2D eigenvalue weighted by Crippen LogP contribution is -2.20. The summed E-state index contributed by atoms with van der Waals surface area (Å²) >= 11 is 0. The van der Waals surface area contributed by atoms with Crippen LogP contribution in [0, 0.1) is 25.2 Å². The summed E-state index contributed by atoms with van der Waals surface area (Å²) in [5.41, 5.74) is 1.86. The van der Waals surface area contributed by atoms with Crippen molar-refractivity contribution in [2.24, 2.45) is 0 Å². The third-order valence-electron chi connectivity index (χ3n) is 5.26. The molecule has 0 bridgehead atoms. The summed E-state index contributed by atoms with van der Waals surface area (Å²) in [5, 5.41) is 12.4. The number of carbonyl (C=O) groups is 1. The van der Waals surface area contributed by atoms with Crippen molar-refractivity contribution in [2.75, 3.05) is 12.4 Å². The topological polar surface area (TPSA) is 106 Å². The molecule has 0 atom stereocenters. The number of aryl methyl sites for hydroxylation is 2. The van der Waals surface area contributed by atoms with Gasteiger partial charge in [-0.3, -0.25) is 14.0 Å². The van der Waals surface area contributed by atoms with E-state index in [4.69, 9.17) is 9.47 Å². The van der Waals surface area contributed by atoms with Crippen LogP contribution in [0.1, 0.15) is 16.7 Å². The highest BCUT2D eigenvalue weighted by Gasteiger charge is 2.18. The fourth-order valence-corrected chi connectivity index (χ4v) is 3.45. The Morgan fingerprint density at radius 1 is 1.09 bits per heavy atom. The van der Waals surface area contributed by atoms with Crippen molar-refractivity contribution in [3.05, 3.63) is 99.5 Å². The summed E-state index contributed by atoms with van der Waals surface area (Å²) in [5.74, 6) is 0.432. The standard InChI is InChI=1S/C27H22N4O4/c1-17-6-4-8-22(14-17)35-26-23(27(33)31-13-5-7-18(2)24(31)30-26)15-19(16-28)25(32)29-20-9-11-21(34-3)12-10-20/h4-15H,1-3H3,(H,29,32). The quantitative estimate of drug-likeness (QED) is 0.327. The molecule has 4 aromatic rings. The normalized spacial score (nSPS) is 11.1. The van der Waals surface area contributed by atoms with Crippen molar-refractivity contribution in [2.45, 2.75) is 13.8 Å². The summed E-state index contributed by atoms with van der Waals surface area (Å²) < 4.78 is 12.5. The number of anilines is 1. The van der Waals surface area contributed by atoms with Gasteiger partial charge >= 0.3 is 0 Å². The molecule has 8 heteroatoms. The van der Waals surface area contributed by atoms with Crippen LogP contribution < -0.4 is 20.3 Å². The number of ether oxygens (including phenoxy) is 2. The van der Waals surface area contributed by atoms with Crippen LogP contribution in [0.25, 0.3) is 11.7 Å². The zero-order chi connectivity index (χ0) is 24.9. The van der Waals surface area contributed by atoms with Crippen LogP contribution in [0.15, 0.2) is 77.2 Å². The van der Waals surface area contributed by atoms with E-state index in [0.29, 0.717) is 22.8 Å². The molecule has 2 aromatic carbocycles. The predicted octanol–water partition coefficient (Wildman–Crippen LogP) is 4.66. The summed E-state index contributed by atoms with van der Waals surface area (Å²) in [4.78, 5) is 30.8. The lowest BCUT2D eigenvalue weighted by atomic mass is 10.1. The van der Waals surface area contributed by atoms with E-state index in [0.717, 1.165) is 11.1 Å². The van der Waals surface area contributed by atoms with E-state index in [-0.39, 0.29) is 17.0 Å². The number of aromatic nitrogens is 2. The minimum atomic E-state index is -0.673. The Morgan fingerprint density at radius 2 is 1.86 bits per heavy atom. The molecule has 1 N–H and O–H groups in total. The number of amides is 1. The van der Waals surface area contributed by atoms with Crippen molar-refractivity contribution in [1.82, 2.24) is 9.38 Å². The fraction of sp³-hybridized carbons (Fsp3) is 0.111. The van der Waals surface area contributed by atoms with Gasteiger partial charge in [0.2, 0.25) is 5.88 Å². The Hall–Kier alpha value is -4.90. The van der Waals surface area contributed by atoms with Crippen molar-refractivity contribution in [3.8, 4) is 23.4 Å². The second kappa shape index (κ2) is 9.93. The molecule has 174 valence electrons. The Bertz CT molecular complexity index is 1550. The molecule has 0 saturated carbocycles. The van der Waals surface area contributed by atoms with Crippen LogP contribution in [0.3, 0.4) is 0 Å². The van der Waals surface area contributed by atoms with Gasteiger partial charge in [-0.2, -0.15) is 10.2 Å². The number of nitrogens with one attached hydrogen (secondary N) is 1. The van der Waals surface area contributed by atoms with Crippen molar-refractivity contribution >= 4 is 23.3 Å². The Morgan fingerprint density at radius 3 is 2.54 bits per heavy atom. The molecule has 4 rings (SSSR count). The summed E-state index contributed by atoms with van der Waals surface area (Å²) in [6, 6.07) is 19.4. The maximum atomic E-state index is 13.4. The summed E-state index contributed by atoms with van der Waals surface area (Å²) in [6.45, 7) is 3.74. The lowest BCUT2D eigenvalue weighted by molar-refractivity contribution is -0.112. The van der Waals surface area contributed by atoms with Crippen LogP contribution in [-0.2, 0) is 4.79 Å². The van der Waals surface area contributed by atoms with E-state index in [2.05, 4.69) is 10.3 Å². The van der Waals surface area contributed by atoms with Gasteiger partial charge in [0, 0.05) is 11.9 Å². The lowest BCUT2D eigenvalue weighted by Gasteiger charge is -2.12. The zero-order valence-corrected chi connectivity index (χ0v) is 19.4. The Kier molecular flexibility index (Phi) is 6.60. The number of carbonyl (C=O) groups excluding carboxylic acids is 1. The first kappa shape index (κ1) is 23.3. The number of nitrogens with zero attached hydrogens (tertiary/aromatic N) is 3. The second-order valence-electron chi connectivity index (χ2n) is 7.79. The molecule has 8 nitrogen and oxygen atoms in total. The molecule has 0 saturated heterocycles. The summed E-state index contributed by atoms with van der Waals surface area (Å²) in [6.07, 6.45) is 2.78. The highest BCUT2D eigenvalue weighted by Crippen LogP contribution is 2.25. The number of rotatable bonds is 6. The van der Waals surface area contributed by atoms with E-state index in [9.17, 15) is 14.9 Å². The monoisotopic (exact) mass is 466 g/mol. The van der Waals surface area contributed by atoms with Gasteiger partial charge in [0.1, 0.15) is 34.4 Å². The second-order valence-corrected chi connectivity index (χ2v) is 7.79. The van der Waals surface area contributed by atoms with E-state index in [1.165, 1.54) is 17.6 Å². The SMILES string of the molecule is COc1ccc(NC(=O)C(C#N)=Cc2c(Oc3cccc(C)c3)nc3c(C)cccn3c2=O)cc1. The first-order chi connectivity index (χ1) is 16.9. The molecule has 0 spiro atoms. The number of hydrogen-bond acceptors (Lipinski definition) is 6. The minimum absolute atomic E-state index is 0.0000949. The van der Waals surface area contributed by atoms with Crippen LogP contribution in [0.4, 0.5) is 5.69 Å². The highest BCUT2D eigenvalue weighted by molar-refractivity contribution is 6.09. The van der Waals surface area contributed by atoms with Crippen molar-refractivity contribution in [3.63, 3.8) is 0 Å². The molecule has 0 unspecified atom stereocenters. The van der Waals surface area contributed by atoms with Crippen LogP contribution in [0.5, 0.6) is 17.4 Å². The number of pyridine rings is 1. The van der Waals surface area contributed by atoms with Gasteiger partial charge in [0.25, 0.3) is 11.5 Å². The third-order valence-corrected chi connectivity index (χ3v) is 5.26. The highest BCUT2D eigenvalue weighted by atomic mass is 16.5. The molecular formula is C27H22N4O4. The van der Waals surface area contributed by atoms with Gasteiger partial charge in [0.15, 0.2) is 0 Å². The summed E-state index contributed by atoms with van der Waals surface area (Å²) in [7, 11) is 1.54. The third kappa shape index (κ3) is 5.04. The molecule has 0 fully saturated rings. The van der Waals surface area contributed by atoms with Gasteiger partial charge < -0.3 is 14.8 Å². The number of hydrogen-bond donors (Lipinski definition) is 1. The Balaban J connectivity index is 1.80. The molecule has 1 amide bonds. The van der Waals surface area contributed by atoms with Gasteiger partial charge in [-0.1, -0.05) is 18.2 Å². The van der Waals surface area contributed by atoms with Crippen molar-refractivity contribution in [1.29, 1.82) is 5.26 Å². The average Bonchev–Trinajstić information content (AvgIpc) is 2.85. The van der Waals surface area contributed by atoms with E-state index in [1.54, 1.807) is 48.7 Å². The van der Waals surface area contributed by atoms with Gasteiger partial charge in [-0.15, -0.1) is 0 Å². The molecule has 35 heavy (non-hydrogen) atoms. The van der Waals surface area contributed by atoms with Crippen LogP contribution in [-0.4, -0.2) is 22.4 Å². The first-order valence-corrected chi connectivity index (χ1v) is 10.7. The van der Waals surface area contributed by atoms with Gasteiger partial charge in [-0.25, -0.2) is 0 Å². The largest absolute Gasteiger partial charge is 0.497 e. The molecule has 2 aromatic heterocycles. The molecule has 2 heterocycles. The number of benzene rings is 2. The maximum absolute atomic E-state index is 13.4. The van der Waals surface area contributed by atoms with Crippen LogP contribution >= 0.6 is 0 Å². The van der Waals surface area contributed by atoms with E-state index < -0.39 is 11.5 Å². The predicted molar refractivity (Wildman–Crippen MR) is 133 cm³/mol. The number of nitriles is 1. The van der Waals surface area contributed by atoms with Crippen LogP contribution in [0.2, 0.25) is 0 Å². The van der Waals surface area contributed by atoms with Crippen molar-refractivity contribution < 1.29 is 14.3 Å².